The molecule has 0 unspecified atom stereocenters. The lowest BCUT2D eigenvalue weighted by Crippen LogP contribution is -1.95. The van der Waals surface area contributed by atoms with Crippen molar-refractivity contribution in [1.29, 1.82) is 0 Å². The van der Waals surface area contributed by atoms with E-state index in [-0.39, 0.29) is 11.8 Å². The molecule has 3 rings (SSSR count). The fourth-order valence-electron chi connectivity index (χ4n) is 2.01. The van der Waals surface area contributed by atoms with E-state index in [1.807, 2.05) is 6.26 Å². The third-order valence-electron chi connectivity index (χ3n) is 3.02. The van der Waals surface area contributed by atoms with Crippen LogP contribution in [0.15, 0.2) is 29.3 Å². The summed E-state index contributed by atoms with van der Waals surface area (Å²) < 4.78 is 12.9. The standard InChI is InChI=1S/C14H13FN4S2/c1-20-12-11-13(19-14(16)18-12)21-10(17-11)7-4-8-2-5-9(15)6-3-8/h2-3,5-6H,4,7H2,1H3,(H2,16,18,19). The van der Waals surface area contributed by atoms with Crippen molar-refractivity contribution in [3.8, 4) is 0 Å². The molecule has 4 nitrogen and oxygen atoms in total. The van der Waals surface area contributed by atoms with Crippen molar-refractivity contribution in [2.75, 3.05) is 12.0 Å². The van der Waals surface area contributed by atoms with Gasteiger partial charge in [0.25, 0.3) is 0 Å². The summed E-state index contributed by atoms with van der Waals surface area (Å²) in [4.78, 5) is 13.8. The summed E-state index contributed by atoms with van der Waals surface area (Å²) >= 11 is 3.05. The molecule has 0 saturated carbocycles. The smallest absolute Gasteiger partial charge is 0.222 e. The lowest BCUT2D eigenvalue weighted by molar-refractivity contribution is 0.627. The Kier molecular flexibility index (Phi) is 4.03. The van der Waals surface area contributed by atoms with Crippen LogP contribution in [0.4, 0.5) is 10.3 Å². The highest BCUT2D eigenvalue weighted by molar-refractivity contribution is 7.98. The van der Waals surface area contributed by atoms with Crippen LogP contribution in [0.3, 0.4) is 0 Å². The minimum Gasteiger partial charge on any atom is -0.368 e. The van der Waals surface area contributed by atoms with E-state index in [4.69, 9.17) is 5.73 Å². The second-order valence-corrected chi connectivity index (χ2v) is 6.34. The Morgan fingerprint density at radius 2 is 1.90 bits per heavy atom. The SMILES string of the molecule is CSc1nc(N)nc2sc(CCc3ccc(F)cc3)nc12. The van der Waals surface area contributed by atoms with E-state index in [0.717, 1.165) is 38.8 Å². The molecule has 0 amide bonds. The molecular formula is C14H13FN4S2. The molecule has 0 radical (unpaired) electrons. The van der Waals surface area contributed by atoms with Gasteiger partial charge in [-0.15, -0.1) is 11.8 Å². The fourth-order valence-corrected chi connectivity index (χ4v) is 3.54. The van der Waals surface area contributed by atoms with Crippen molar-refractivity contribution in [3.63, 3.8) is 0 Å². The van der Waals surface area contributed by atoms with Crippen molar-refractivity contribution in [2.24, 2.45) is 0 Å². The Labute approximate surface area is 129 Å². The monoisotopic (exact) mass is 320 g/mol. The van der Waals surface area contributed by atoms with Crippen LogP contribution in [0.2, 0.25) is 0 Å². The summed E-state index contributed by atoms with van der Waals surface area (Å²) in [6, 6.07) is 6.55. The molecule has 21 heavy (non-hydrogen) atoms. The molecule has 2 N–H and O–H groups in total. The minimum absolute atomic E-state index is 0.214. The Bertz CT molecular complexity index is 770. The van der Waals surface area contributed by atoms with Crippen molar-refractivity contribution < 1.29 is 4.39 Å². The third-order valence-corrected chi connectivity index (χ3v) is 4.70. The maximum atomic E-state index is 12.9. The van der Waals surface area contributed by atoms with E-state index < -0.39 is 0 Å². The molecule has 0 saturated heterocycles. The number of aryl methyl sites for hydroxylation is 2. The van der Waals surface area contributed by atoms with Crippen molar-refractivity contribution in [3.05, 3.63) is 40.7 Å². The molecule has 0 atom stereocenters. The van der Waals surface area contributed by atoms with Gasteiger partial charge in [-0.2, -0.15) is 0 Å². The van der Waals surface area contributed by atoms with Gasteiger partial charge < -0.3 is 5.73 Å². The van der Waals surface area contributed by atoms with E-state index in [9.17, 15) is 4.39 Å². The first kappa shape index (κ1) is 14.2. The zero-order chi connectivity index (χ0) is 14.8. The first-order valence-corrected chi connectivity index (χ1v) is 8.41. The number of nitrogen functional groups attached to an aromatic ring is 1. The van der Waals surface area contributed by atoms with Gasteiger partial charge in [-0.1, -0.05) is 23.5 Å². The zero-order valence-electron chi connectivity index (χ0n) is 11.3. The number of hydrogen-bond donors (Lipinski definition) is 1. The number of nitrogens with two attached hydrogens (primary N) is 1. The summed E-state index contributed by atoms with van der Waals surface area (Å²) in [5.74, 6) is 0.0645. The predicted octanol–water partition coefficient (Wildman–Crippen LogP) is 3.31. The van der Waals surface area contributed by atoms with E-state index in [2.05, 4.69) is 15.0 Å². The highest BCUT2D eigenvalue weighted by Crippen LogP contribution is 2.28. The molecule has 7 heteroatoms. The molecule has 0 aliphatic carbocycles. The predicted molar refractivity (Wildman–Crippen MR) is 85.2 cm³/mol. The van der Waals surface area contributed by atoms with Crippen LogP contribution in [-0.4, -0.2) is 21.2 Å². The number of anilines is 1. The number of hydrogen-bond acceptors (Lipinski definition) is 6. The zero-order valence-corrected chi connectivity index (χ0v) is 13.0. The quantitative estimate of drug-likeness (QED) is 0.590. The van der Waals surface area contributed by atoms with E-state index in [1.54, 1.807) is 12.1 Å². The van der Waals surface area contributed by atoms with E-state index in [0.29, 0.717) is 0 Å². The van der Waals surface area contributed by atoms with Gasteiger partial charge >= 0.3 is 0 Å². The maximum absolute atomic E-state index is 12.9. The highest BCUT2D eigenvalue weighted by atomic mass is 32.2. The van der Waals surface area contributed by atoms with Gasteiger partial charge in [0, 0.05) is 6.42 Å². The van der Waals surface area contributed by atoms with Gasteiger partial charge in [-0.25, -0.2) is 19.3 Å². The minimum atomic E-state index is -0.214. The number of benzene rings is 1. The van der Waals surface area contributed by atoms with Crippen LogP contribution in [0.1, 0.15) is 10.6 Å². The fraction of sp³-hybridized carbons (Fsp3) is 0.214. The summed E-state index contributed by atoms with van der Waals surface area (Å²) in [6.07, 6.45) is 3.55. The molecule has 2 heterocycles. The van der Waals surface area contributed by atoms with Crippen molar-refractivity contribution in [2.45, 2.75) is 17.9 Å². The average Bonchev–Trinajstić information content (AvgIpc) is 2.88. The Morgan fingerprint density at radius 1 is 1.14 bits per heavy atom. The second kappa shape index (κ2) is 5.95. The van der Waals surface area contributed by atoms with Crippen LogP contribution in [0.25, 0.3) is 10.3 Å². The number of thiazole rings is 1. The van der Waals surface area contributed by atoms with Gasteiger partial charge in [0.05, 0.1) is 5.01 Å². The molecular weight excluding hydrogens is 307 g/mol. The van der Waals surface area contributed by atoms with Crippen molar-refractivity contribution in [1.82, 2.24) is 15.0 Å². The van der Waals surface area contributed by atoms with Gasteiger partial charge in [-0.05, 0) is 30.4 Å². The molecule has 0 fully saturated rings. The molecule has 2 aromatic heterocycles. The van der Waals surface area contributed by atoms with Crippen LogP contribution in [0, 0.1) is 5.82 Å². The first-order valence-electron chi connectivity index (χ1n) is 6.37. The maximum Gasteiger partial charge on any atom is 0.222 e. The number of thioether (sulfide) groups is 1. The van der Waals surface area contributed by atoms with Crippen LogP contribution >= 0.6 is 23.1 Å². The molecule has 0 bridgehead atoms. The molecule has 108 valence electrons. The molecule has 0 aliphatic heterocycles. The molecule has 1 aromatic carbocycles. The molecule has 0 spiro atoms. The molecule has 3 aromatic rings. The van der Waals surface area contributed by atoms with Gasteiger partial charge in [0.1, 0.15) is 21.2 Å². The Hall–Kier alpha value is -1.73. The summed E-state index contributed by atoms with van der Waals surface area (Å²) in [6.45, 7) is 0. The lowest BCUT2D eigenvalue weighted by Gasteiger charge is -1.98. The summed E-state index contributed by atoms with van der Waals surface area (Å²) in [5, 5.41) is 1.80. The Morgan fingerprint density at radius 3 is 2.62 bits per heavy atom. The normalized spacial score (nSPS) is 11.1. The third kappa shape index (κ3) is 3.14. The summed E-state index contributed by atoms with van der Waals surface area (Å²) in [7, 11) is 0. The summed E-state index contributed by atoms with van der Waals surface area (Å²) in [5.41, 5.74) is 7.60. The topological polar surface area (TPSA) is 64.7 Å². The van der Waals surface area contributed by atoms with Crippen LogP contribution < -0.4 is 5.73 Å². The number of aromatic nitrogens is 3. The lowest BCUT2D eigenvalue weighted by atomic mass is 10.1. The number of fused-ring (bicyclic) bond motifs is 1. The van der Waals surface area contributed by atoms with Crippen molar-refractivity contribution >= 4 is 39.4 Å². The van der Waals surface area contributed by atoms with E-state index in [1.165, 1.54) is 35.2 Å². The molecule has 0 aliphatic rings. The van der Waals surface area contributed by atoms with Crippen LogP contribution in [0.5, 0.6) is 0 Å². The Balaban J connectivity index is 1.83. The average molecular weight is 320 g/mol. The van der Waals surface area contributed by atoms with Gasteiger partial charge in [0.2, 0.25) is 5.95 Å². The largest absolute Gasteiger partial charge is 0.368 e. The van der Waals surface area contributed by atoms with Gasteiger partial charge in [-0.3, -0.25) is 0 Å². The van der Waals surface area contributed by atoms with Gasteiger partial charge in [0.15, 0.2) is 0 Å². The number of halogens is 1. The highest BCUT2D eigenvalue weighted by Gasteiger charge is 2.12. The second-order valence-electron chi connectivity index (χ2n) is 4.48. The first-order chi connectivity index (χ1) is 10.2. The van der Waals surface area contributed by atoms with Crippen LogP contribution in [-0.2, 0) is 12.8 Å². The number of nitrogens with zero attached hydrogens (tertiary/aromatic N) is 3. The number of rotatable bonds is 4. The van der Waals surface area contributed by atoms with E-state index >= 15 is 0 Å².